The average molecular weight is 414 g/mol. The summed E-state index contributed by atoms with van der Waals surface area (Å²) in [5.74, 6) is -0.0675. The van der Waals surface area contributed by atoms with Crippen LogP contribution in [-0.4, -0.2) is 103 Å². The summed E-state index contributed by atoms with van der Waals surface area (Å²) in [5.41, 5.74) is 0.543. The van der Waals surface area contributed by atoms with Crippen LogP contribution >= 0.6 is 0 Å². The van der Waals surface area contributed by atoms with Crippen molar-refractivity contribution in [2.45, 2.75) is 37.8 Å². The standard InChI is InChI=1S/C18H31N5O4S/c1-21(18(24)15-12-19-20-13-15)8-9-23(16-5-10-27-11-6-16)17-4-3-7-22(14-17)28(2,25)26/h12-13,16-17H,3-11,14H2,1-2H3,(H,19,20). The molecule has 0 bridgehead atoms. The van der Waals surface area contributed by atoms with E-state index in [1.165, 1.54) is 12.5 Å². The average Bonchev–Trinajstić information content (AvgIpc) is 3.22. The highest BCUT2D eigenvalue weighted by molar-refractivity contribution is 7.88. The Morgan fingerprint density at radius 3 is 2.68 bits per heavy atom. The SMILES string of the molecule is CN(CCN(C1CCOCC1)C1CCCN(S(C)(=O)=O)C1)C(=O)c1cn[nH]c1. The summed E-state index contributed by atoms with van der Waals surface area (Å²) in [5, 5.41) is 6.51. The summed E-state index contributed by atoms with van der Waals surface area (Å²) in [7, 11) is -1.40. The number of nitrogens with one attached hydrogen (secondary N) is 1. The first-order valence-corrected chi connectivity index (χ1v) is 11.7. The quantitative estimate of drug-likeness (QED) is 0.694. The third-order valence-corrected chi connectivity index (χ3v) is 7.01. The molecule has 10 heteroatoms. The molecular formula is C18H31N5O4S. The van der Waals surface area contributed by atoms with Crippen LogP contribution in [0.15, 0.2) is 12.4 Å². The molecule has 28 heavy (non-hydrogen) atoms. The smallest absolute Gasteiger partial charge is 0.256 e. The minimum Gasteiger partial charge on any atom is -0.381 e. The normalized spacial score (nSPS) is 22.5. The van der Waals surface area contributed by atoms with Crippen molar-refractivity contribution in [3.63, 3.8) is 0 Å². The minimum atomic E-state index is -3.19. The molecule has 0 aliphatic carbocycles. The number of aromatic nitrogens is 2. The number of hydrogen-bond acceptors (Lipinski definition) is 6. The number of ether oxygens (including phenoxy) is 1. The number of likely N-dealkylation sites (N-methyl/N-ethyl adjacent to an activating group) is 1. The second-order valence-electron chi connectivity index (χ2n) is 7.71. The monoisotopic (exact) mass is 413 g/mol. The molecule has 0 spiro atoms. The highest BCUT2D eigenvalue weighted by Crippen LogP contribution is 2.24. The van der Waals surface area contributed by atoms with E-state index < -0.39 is 10.0 Å². The van der Waals surface area contributed by atoms with Crippen molar-refractivity contribution in [3.8, 4) is 0 Å². The van der Waals surface area contributed by atoms with Gasteiger partial charge in [-0.25, -0.2) is 12.7 Å². The topological polar surface area (TPSA) is 98.8 Å². The molecule has 1 atom stereocenters. The summed E-state index contributed by atoms with van der Waals surface area (Å²) >= 11 is 0. The van der Waals surface area contributed by atoms with E-state index in [-0.39, 0.29) is 11.9 Å². The molecule has 9 nitrogen and oxygen atoms in total. The first-order chi connectivity index (χ1) is 13.4. The summed E-state index contributed by atoms with van der Waals surface area (Å²) in [6.07, 6.45) is 8.12. The predicted octanol–water partition coefficient (Wildman–Crippen LogP) is 0.387. The molecule has 1 N–H and O–H groups in total. The highest BCUT2D eigenvalue weighted by Gasteiger charge is 2.34. The maximum absolute atomic E-state index is 12.5. The Hall–Kier alpha value is -1.49. The molecule has 2 aliphatic heterocycles. The molecule has 1 amide bonds. The Balaban J connectivity index is 1.67. The zero-order valence-electron chi connectivity index (χ0n) is 16.7. The van der Waals surface area contributed by atoms with E-state index >= 15 is 0 Å². The van der Waals surface area contributed by atoms with E-state index in [1.54, 1.807) is 22.4 Å². The maximum atomic E-state index is 12.5. The van der Waals surface area contributed by atoms with Gasteiger partial charge in [-0.2, -0.15) is 5.10 Å². The number of amides is 1. The van der Waals surface area contributed by atoms with Gasteiger partial charge in [0.05, 0.1) is 18.0 Å². The van der Waals surface area contributed by atoms with Crippen molar-refractivity contribution < 1.29 is 17.9 Å². The lowest BCUT2D eigenvalue weighted by Crippen LogP contribution is -2.55. The first kappa shape index (κ1) is 21.2. The van der Waals surface area contributed by atoms with Crippen molar-refractivity contribution in [2.75, 3.05) is 52.7 Å². The van der Waals surface area contributed by atoms with E-state index in [4.69, 9.17) is 4.74 Å². The van der Waals surface area contributed by atoms with Gasteiger partial charge in [-0.3, -0.25) is 14.8 Å². The Morgan fingerprint density at radius 2 is 2.04 bits per heavy atom. The molecule has 3 heterocycles. The van der Waals surface area contributed by atoms with Gasteiger partial charge in [-0.05, 0) is 25.7 Å². The lowest BCUT2D eigenvalue weighted by atomic mass is 9.99. The number of H-pyrrole nitrogens is 1. The van der Waals surface area contributed by atoms with Crippen LogP contribution in [0.2, 0.25) is 0 Å². The molecule has 0 aromatic carbocycles. The first-order valence-electron chi connectivity index (χ1n) is 9.89. The van der Waals surface area contributed by atoms with E-state index in [9.17, 15) is 13.2 Å². The molecule has 3 rings (SSSR count). The fourth-order valence-electron chi connectivity index (χ4n) is 4.13. The van der Waals surface area contributed by atoms with Gasteiger partial charge < -0.3 is 9.64 Å². The van der Waals surface area contributed by atoms with Gasteiger partial charge in [0.1, 0.15) is 0 Å². The summed E-state index contributed by atoms with van der Waals surface area (Å²) in [4.78, 5) is 16.6. The minimum absolute atomic E-state index is 0.0675. The summed E-state index contributed by atoms with van der Waals surface area (Å²) in [6.45, 7) is 3.87. The number of aromatic amines is 1. The Kier molecular flexibility index (Phi) is 7.08. The molecule has 1 aromatic heterocycles. The van der Waals surface area contributed by atoms with Crippen LogP contribution in [0.4, 0.5) is 0 Å². The van der Waals surface area contributed by atoms with Crippen molar-refractivity contribution in [3.05, 3.63) is 18.0 Å². The van der Waals surface area contributed by atoms with Gasteiger partial charge in [-0.1, -0.05) is 0 Å². The molecule has 1 aromatic rings. The Morgan fingerprint density at radius 1 is 1.29 bits per heavy atom. The fraction of sp³-hybridized carbons (Fsp3) is 0.778. The van der Waals surface area contributed by atoms with Gasteiger partial charge in [0.2, 0.25) is 10.0 Å². The van der Waals surface area contributed by atoms with E-state index in [0.717, 1.165) is 38.9 Å². The molecular weight excluding hydrogens is 382 g/mol. The second kappa shape index (κ2) is 9.34. The van der Waals surface area contributed by atoms with E-state index in [0.29, 0.717) is 37.8 Å². The van der Waals surface area contributed by atoms with Gasteiger partial charge >= 0.3 is 0 Å². The lowest BCUT2D eigenvalue weighted by molar-refractivity contribution is 0.00319. The molecule has 2 fully saturated rings. The van der Waals surface area contributed by atoms with Crippen molar-refractivity contribution in [1.29, 1.82) is 0 Å². The summed E-state index contributed by atoms with van der Waals surface area (Å²) in [6, 6.07) is 0.527. The van der Waals surface area contributed by atoms with Crippen LogP contribution in [0.3, 0.4) is 0 Å². The van der Waals surface area contributed by atoms with Crippen LogP contribution in [0, 0.1) is 0 Å². The van der Waals surface area contributed by atoms with Gasteiger partial charge in [0, 0.05) is 64.7 Å². The Bertz CT molecular complexity index is 733. The van der Waals surface area contributed by atoms with Crippen molar-refractivity contribution in [2.24, 2.45) is 0 Å². The number of sulfonamides is 1. The predicted molar refractivity (Wildman–Crippen MR) is 106 cm³/mol. The maximum Gasteiger partial charge on any atom is 0.256 e. The lowest BCUT2D eigenvalue weighted by Gasteiger charge is -2.44. The van der Waals surface area contributed by atoms with Crippen LogP contribution in [-0.2, 0) is 14.8 Å². The van der Waals surface area contributed by atoms with Gasteiger partial charge in [-0.15, -0.1) is 0 Å². The number of piperidine rings is 1. The van der Waals surface area contributed by atoms with Crippen LogP contribution in [0.25, 0.3) is 0 Å². The number of rotatable bonds is 7. The number of carbonyl (C=O) groups is 1. The highest BCUT2D eigenvalue weighted by atomic mass is 32.2. The third kappa shape index (κ3) is 5.31. The van der Waals surface area contributed by atoms with E-state index in [2.05, 4.69) is 15.1 Å². The summed E-state index contributed by atoms with van der Waals surface area (Å²) < 4.78 is 31.2. The fourth-order valence-corrected chi connectivity index (χ4v) is 5.03. The molecule has 2 saturated heterocycles. The van der Waals surface area contributed by atoms with Gasteiger partial charge in [0.25, 0.3) is 5.91 Å². The molecule has 0 saturated carbocycles. The number of nitrogens with zero attached hydrogens (tertiary/aromatic N) is 4. The van der Waals surface area contributed by atoms with Crippen molar-refractivity contribution >= 4 is 15.9 Å². The van der Waals surface area contributed by atoms with Crippen LogP contribution in [0.1, 0.15) is 36.0 Å². The van der Waals surface area contributed by atoms with Crippen LogP contribution < -0.4 is 0 Å². The second-order valence-corrected chi connectivity index (χ2v) is 9.69. The molecule has 1 unspecified atom stereocenters. The van der Waals surface area contributed by atoms with Crippen molar-refractivity contribution in [1.82, 2.24) is 24.3 Å². The largest absolute Gasteiger partial charge is 0.381 e. The zero-order valence-corrected chi connectivity index (χ0v) is 17.5. The third-order valence-electron chi connectivity index (χ3n) is 5.74. The molecule has 2 aliphatic rings. The van der Waals surface area contributed by atoms with E-state index in [1.807, 2.05) is 0 Å². The van der Waals surface area contributed by atoms with Gasteiger partial charge in [0.15, 0.2) is 0 Å². The number of carbonyl (C=O) groups excluding carboxylic acids is 1. The number of hydrogen-bond donors (Lipinski definition) is 1. The molecule has 158 valence electrons. The molecule has 0 radical (unpaired) electrons. The Labute approximate surface area is 167 Å². The van der Waals surface area contributed by atoms with Crippen LogP contribution in [0.5, 0.6) is 0 Å². The zero-order chi connectivity index (χ0) is 20.1.